The number of nitrogens with one attached hydrogen (secondary N) is 1. The normalized spacial score (nSPS) is 14.5. The predicted molar refractivity (Wildman–Crippen MR) is 158 cm³/mol. The Bertz CT molecular complexity index is 1930. The zero-order valence-corrected chi connectivity index (χ0v) is 24.7. The summed E-state index contributed by atoms with van der Waals surface area (Å²) in [5.41, 5.74) is -0.164. The molecular weight excluding hydrogens is 595 g/mol. The minimum atomic E-state index is -4.01. The van der Waals surface area contributed by atoms with Crippen molar-refractivity contribution in [2.24, 2.45) is 0 Å². The minimum absolute atomic E-state index is 0.00775. The molecule has 230 valence electrons. The third-order valence-corrected chi connectivity index (χ3v) is 8.98. The van der Waals surface area contributed by atoms with Crippen LogP contribution >= 0.6 is 0 Å². The van der Waals surface area contributed by atoms with Crippen LogP contribution in [-0.4, -0.2) is 81.3 Å². The van der Waals surface area contributed by atoms with Crippen LogP contribution < -0.4 is 15.0 Å². The van der Waals surface area contributed by atoms with Crippen LogP contribution in [0.1, 0.15) is 31.4 Å². The average molecular weight is 625 g/mol. The van der Waals surface area contributed by atoms with Crippen molar-refractivity contribution in [2.75, 3.05) is 37.9 Å². The number of ether oxygens (including phenoxy) is 1. The topological polar surface area (TPSA) is 176 Å². The second-order valence-electron chi connectivity index (χ2n) is 10.2. The van der Waals surface area contributed by atoms with Gasteiger partial charge in [0.2, 0.25) is 0 Å². The molecule has 2 aromatic heterocycles. The fourth-order valence-corrected chi connectivity index (χ4v) is 5.84. The van der Waals surface area contributed by atoms with Crippen LogP contribution in [-0.2, 0) is 15.0 Å². The second-order valence-corrected chi connectivity index (χ2v) is 12.0. The van der Waals surface area contributed by atoms with Crippen LogP contribution in [0.15, 0.2) is 53.8 Å². The van der Waals surface area contributed by atoms with E-state index in [1.807, 2.05) is 4.90 Å². The quantitative estimate of drug-likeness (QED) is 0.267. The first-order chi connectivity index (χ1) is 21.0. The van der Waals surface area contributed by atoms with E-state index in [2.05, 4.69) is 14.8 Å². The third-order valence-electron chi connectivity index (χ3n) is 7.42. The van der Waals surface area contributed by atoms with Crippen LogP contribution in [0.3, 0.4) is 0 Å². The molecule has 3 heterocycles. The first-order valence-electron chi connectivity index (χ1n) is 13.6. The molecule has 14 nitrogen and oxygen atoms in total. The fourth-order valence-electron chi connectivity index (χ4n) is 4.89. The van der Waals surface area contributed by atoms with Gasteiger partial charge in [-0.15, -0.1) is 0 Å². The summed E-state index contributed by atoms with van der Waals surface area (Å²) in [7, 11) is -2.65. The van der Waals surface area contributed by atoms with Crippen molar-refractivity contribution in [3.05, 3.63) is 70.8 Å². The molecule has 0 aliphatic carbocycles. The predicted octanol–water partition coefficient (Wildman–Crippen LogP) is 2.72. The zero-order valence-electron chi connectivity index (χ0n) is 23.8. The van der Waals surface area contributed by atoms with E-state index in [1.165, 1.54) is 42.3 Å². The lowest BCUT2D eigenvalue weighted by Gasteiger charge is -2.30. The van der Waals surface area contributed by atoms with Gasteiger partial charge in [-0.25, -0.2) is 9.37 Å². The van der Waals surface area contributed by atoms with E-state index in [0.717, 1.165) is 16.4 Å². The second kappa shape index (κ2) is 12.4. The summed E-state index contributed by atoms with van der Waals surface area (Å²) in [6.45, 7) is 3.02. The highest BCUT2D eigenvalue weighted by molar-refractivity contribution is 7.90. The van der Waals surface area contributed by atoms with Gasteiger partial charge in [-0.05, 0) is 43.2 Å². The van der Waals surface area contributed by atoms with E-state index < -0.39 is 33.3 Å². The molecule has 1 fully saturated rings. The van der Waals surface area contributed by atoms with E-state index >= 15 is 0 Å². The number of aromatic nitrogens is 4. The number of anilines is 1. The molecule has 0 unspecified atom stereocenters. The highest BCUT2D eigenvalue weighted by atomic mass is 32.2. The van der Waals surface area contributed by atoms with Crippen LogP contribution in [0.4, 0.5) is 10.1 Å². The lowest BCUT2D eigenvalue weighted by Crippen LogP contribution is -2.38. The summed E-state index contributed by atoms with van der Waals surface area (Å²) in [5, 5.41) is 23.4. The minimum Gasteiger partial charge on any atom is -0.480 e. The maximum absolute atomic E-state index is 14.9. The van der Waals surface area contributed by atoms with Crippen LogP contribution in [0.5, 0.6) is 11.5 Å². The molecule has 2 N–H and O–H groups in total. The number of carboxylic acids is 1. The molecule has 0 radical (unpaired) electrons. The van der Waals surface area contributed by atoms with Crippen molar-refractivity contribution < 1.29 is 27.4 Å². The summed E-state index contributed by atoms with van der Waals surface area (Å²) in [6, 6.07) is 8.28. The Hall–Kier alpha value is -4.85. The van der Waals surface area contributed by atoms with Gasteiger partial charge in [0.1, 0.15) is 23.7 Å². The van der Waals surface area contributed by atoms with E-state index in [-0.39, 0.29) is 41.5 Å². The molecule has 0 spiro atoms. The van der Waals surface area contributed by atoms with Gasteiger partial charge in [0.05, 0.1) is 41.1 Å². The Labute approximate surface area is 251 Å². The number of likely N-dealkylation sites (tertiary alicyclic amines) is 1. The zero-order chi connectivity index (χ0) is 31.6. The van der Waals surface area contributed by atoms with Crippen molar-refractivity contribution in [3.63, 3.8) is 0 Å². The maximum Gasteiger partial charge on any atom is 0.317 e. The molecule has 0 atom stereocenters. The third kappa shape index (κ3) is 6.25. The Balaban J connectivity index is 1.42. The number of halogens is 1. The number of rotatable bonds is 10. The van der Waals surface area contributed by atoms with Gasteiger partial charge in [0.15, 0.2) is 11.6 Å². The van der Waals surface area contributed by atoms with Crippen LogP contribution in [0, 0.1) is 17.1 Å². The molecule has 4 aromatic rings. The largest absolute Gasteiger partial charge is 0.480 e. The number of aliphatic carboxylic acids is 1. The van der Waals surface area contributed by atoms with E-state index in [4.69, 9.17) is 9.84 Å². The molecule has 1 aliphatic rings. The maximum atomic E-state index is 14.9. The molecule has 1 aliphatic heterocycles. The van der Waals surface area contributed by atoms with Gasteiger partial charge in [0, 0.05) is 32.9 Å². The van der Waals surface area contributed by atoms with E-state index in [9.17, 15) is 27.7 Å². The lowest BCUT2D eigenvalue weighted by molar-refractivity contribution is -0.138. The molecule has 16 heteroatoms. The number of nitrogens with zero attached hydrogens (tertiary/aromatic N) is 7. The standard InChI is InChI=1S/C28H29FN8O6S/c1-3-34(2)44(41,42)33-25-7-5-23(29)27(22(25)13-30)43-20-4-6-24-21(12-20)28(40)36(17-31-24)19-14-32-37(15-19)18-8-10-35(11-9-18)16-26(38)39/h4-7,12,14-15,17-18,33H,3,8-11,16H2,1-2H3,(H,38,39). The molecule has 0 saturated carbocycles. The van der Waals surface area contributed by atoms with Crippen molar-refractivity contribution in [1.82, 2.24) is 28.5 Å². The van der Waals surface area contributed by atoms with Crippen molar-refractivity contribution in [2.45, 2.75) is 25.8 Å². The number of nitriles is 1. The summed E-state index contributed by atoms with van der Waals surface area (Å²) < 4.78 is 52.0. The number of hydrogen-bond donors (Lipinski definition) is 2. The Morgan fingerprint density at radius 2 is 2.02 bits per heavy atom. The van der Waals surface area contributed by atoms with E-state index in [0.29, 0.717) is 37.1 Å². The van der Waals surface area contributed by atoms with Gasteiger partial charge in [-0.3, -0.25) is 28.5 Å². The summed E-state index contributed by atoms with van der Waals surface area (Å²) in [5.74, 6) is -2.25. The lowest BCUT2D eigenvalue weighted by atomic mass is 10.1. The highest BCUT2D eigenvalue weighted by Crippen LogP contribution is 2.34. The molecule has 44 heavy (non-hydrogen) atoms. The van der Waals surface area contributed by atoms with E-state index in [1.54, 1.807) is 23.9 Å². The SMILES string of the molecule is CCN(C)S(=O)(=O)Nc1ccc(F)c(Oc2ccc3ncn(-c4cnn(C5CCN(CC(=O)O)CC5)c4)c(=O)c3c2)c1C#N. The number of fused-ring (bicyclic) bond motifs is 1. The molecule has 5 rings (SSSR count). The number of hydrogen-bond acceptors (Lipinski definition) is 9. The van der Waals surface area contributed by atoms with Gasteiger partial charge in [-0.2, -0.15) is 23.1 Å². The number of benzene rings is 2. The molecule has 0 amide bonds. The van der Waals surface area contributed by atoms with Crippen molar-refractivity contribution >= 4 is 32.8 Å². The Kier molecular flexibility index (Phi) is 8.63. The van der Waals surface area contributed by atoms with Gasteiger partial charge >= 0.3 is 16.2 Å². The Morgan fingerprint density at radius 3 is 2.70 bits per heavy atom. The van der Waals surface area contributed by atoms with Crippen LogP contribution in [0.25, 0.3) is 16.6 Å². The van der Waals surface area contributed by atoms with Crippen molar-refractivity contribution in [3.8, 4) is 23.3 Å². The first kappa shape index (κ1) is 30.6. The van der Waals surface area contributed by atoms with Gasteiger partial charge < -0.3 is 9.84 Å². The number of piperidine rings is 1. The monoisotopic (exact) mass is 624 g/mol. The summed E-state index contributed by atoms with van der Waals surface area (Å²) in [6.07, 6.45) is 6.05. The highest BCUT2D eigenvalue weighted by Gasteiger charge is 2.24. The molecule has 1 saturated heterocycles. The van der Waals surface area contributed by atoms with Crippen molar-refractivity contribution in [1.29, 1.82) is 5.26 Å². The smallest absolute Gasteiger partial charge is 0.317 e. The average Bonchev–Trinajstić information content (AvgIpc) is 3.49. The fraction of sp³-hybridized carbons (Fsp3) is 0.321. The number of carbonyl (C=O) groups is 1. The summed E-state index contributed by atoms with van der Waals surface area (Å²) in [4.78, 5) is 30.7. The molecule has 0 bridgehead atoms. The Morgan fingerprint density at radius 1 is 1.27 bits per heavy atom. The first-order valence-corrected chi connectivity index (χ1v) is 15.1. The molecular formula is C28H29FN8O6S. The summed E-state index contributed by atoms with van der Waals surface area (Å²) >= 11 is 0. The number of carboxylic acid groups (broad SMARTS) is 1. The molecule has 2 aromatic carbocycles. The van der Waals surface area contributed by atoms with Gasteiger partial charge in [0.25, 0.3) is 5.56 Å². The van der Waals surface area contributed by atoms with Gasteiger partial charge in [-0.1, -0.05) is 6.92 Å². The van der Waals surface area contributed by atoms with Crippen LogP contribution in [0.2, 0.25) is 0 Å².